The van der Waals surface area contributed by atoms with Crippen LogP contribution in [0.15, 0.2) is 23.4 Å². The van der Waals surface area contributed by atoms with Gasteiger partial charge in [0.15, 0.2) is 0 Å². The van der Waals surface area contributed by atoms with Gasteiger partial charge in [0.2, 0.25) is 10.0 Å². The van der Waals surface area contributed by atoms with E-state index in [1.807, 2.05) is 0 Å². The first-order valence-electron chi connectivity index (χ1n) is 7.49. The Hall–Kier alpha value is -1.18. The summed E-state index contributed by atoms with van der Waals surface area (Å²) in [6, 6.07) is 2.07. The molecule has 1 unspecified atom stereocenters. The number of piperidine rings is 1. The molecular weight excluding hydrogens is 288 g/mol. The fourth-order valence-electron chi connectivity index (χ4n) is 3.28. The number of fused-ring (bicyclic) bond motifs is 1. The second-order valence-electron chi connectivity index (χ2n) is 5.67. The molecule has 21 heavy (non-hydrogen) atoms. The van der Waals surface area contributed by atoms with Crippen molar-refractivity contribution >= 4 is 15.7 Å². The maximum atomic E-state index is 12.9. The summed E-state index contributed by atoms with van der Waals surface area (Å²) in [5.74, 6) is 0. The molecule has 116 valence electrons. The summed E-state index contributed by atoms with van der Waals surface area (Å²) < 4.78 is 27.4. The van der Waals surface area contributed by atoms with E-state index in [1.54, 1.807) is 23.6 Å². The van der Waals surface area contributed by atoms with Crippen molar-refractivity contribution in [3.63, 3.8) is 0 Å². The van der Waals surface area contributed by atoms with Gasteiger partial charge in [-0.25, -0.2) is 8.42 Å². The number of aromatic nitrogens is 1. The van der Waals surface area contributed by atoms with Gasteiger partial charge in [-0.3, -0.25) is 9.88 Å². The minimum absolute atomic E-state index is 0.275. The lowest BCUT2D eigenvalue weighted by Crippen LogP contribution is -2.56. The van der Waals surface area contributed by atoms with Gasteiger partial charge in [0.25, 0.3) is 0 Å². The average molecular weight is 310 g/mol. The van der Waals surface area contributed by atoms with Crippen molar-refractivity contribution in [2.45, 2.75) is 30.2 Å². The number of rotatable bonds is 3. The van der Waals surface area contributed by atoms with Crippen molar-refractivity contribution in [2.75, 3.05) is 38.5 Å². The molecule has 3 rings (SSSR count). The van der Waals surface area contributed by atoms with Crippen LogP contribution in [0.2, 0.25) is 0 Å². The minimum atomic E-state index is -3.47. The van der Waals surface area contributed by atoms with Crippen LogP contribution in [0.4, 0.5) is 5.69 Å². The lowest BCUT2D eigenvalue weighted by atomic mass is 10.0. The summed E-state index contributed by atoms with van der Waals surface area (Å²) in [6.07, 6.45) is 6.57. The Morgan fingerprint density at radius 3 is 2.95 bits per heavy atom. The number of sulfonamides is 1. The molecule has 0 aromatic carbocycles. The highest BCUT2D eigenvalue weighted by Crippen LogP contribution is 2.28. The van der Waals surface area contributed by atoms with E-state index in [-0.39, 0.29) is 4.90 Å². The minimum Gasteiger partial charge on any atom is -0.387 e. The third-order valence-electron chi connectivity index (χ3n) is 4.47. The van der Waals surface area contributed by atoms with Gasteiger partial charge in [-0.1, -0.05) is 6.42 Å². The number of nitrogens with zero attached hydrogens (tertiary/aromatic N) is 3. The van der Waals surface area contributed by atoms with Crippen LogP contribution in [0.1, 0.15) is 19.3 Å². The molecule has 6 nitrogen and oxygen atoms in total. The predicted molar refractivity (Wildman–Crippen MR) is 81.8 cm³/mol. The highest BCUT2D eigenvalue weighted by Gasteiger charge is 2.36. The summed E-state index contributed by atoms with van der Waals surface area (Å²) >= 11 is 0. The average Bonchev–Trinajstić information content (AvgIpc) is 2.54. The number of hydrogen-bond acceptors (Lipinski definition) is 5. The van der Waals surface area contributed by atoms with Crippen molar-refractivity contribution in [1.82, 2.24) is 14.2 Å². The van der Waals surface area contributed by atoms with Crippen LogP contribution in [0.5, 0.6) is 0 Å². The Morgan fingerprint density at radius 2 is 2.14 bits per heavy atom. The molecule has 0 bridgehead atoms. The molecule has 2 fully saturated rings. The van der Waals surface area contributed by atoms with Gasteiger partial charge < -0.3 is 5.32 Å². The van der Waals surface area contributed by atoms with E-state index in [9.17, 15) is 8.42 Å². The predicted octanol–water partition coefficient (Wildman–Crippen LogP) is 0.982. The molecule has 1 aromatic rings. The van der Waals surface area contributed by atoms with Gasteiger partial charge in [0.1, 0.15) is 4.90 Å². The number of anilines is 1. The van der Waals surface area contributed by atoms with Crippen molar-refractivity contribution in [1.29, 1.82) is 0 Å². The lowest BCUT2D eigenvalue weighted by molar-refractivity contribution is 0.0852. The van der Waals surface area contributed by atoms with E-state index in [0.717, 1.165) is 19.5 Å². The van der Waals surface area contributed by atoms with Crippen molar-refractivity contribution in [3.05, 3.63) is 18.5 Å². The number of pyridine rings is 1. The second-order valence-corrected chi connectivity index (χ2v) is 7.58. The SMILES string of the molecule is CNc1ccncc1S(=O)(=O)N1CCN2CCCCC2C1. The molecule has 1 atom stereocenters. The fraction of sp³-hybridized carbons (Fsp3) is 0.643. The maximum absolute atomic E-state index is 12.9. The topological polar surface area (TPSA) is 65.5 Å². The molecule has 1 aromatic heterocycles. The Balaban J connectivity index is 1.85. The zero-order valence-electron chi connectivity index (χ0n) is 12.3. The zero-order chi connectivity index (χ0) is 14.9. The normalized spacial score (nSPS) is 24.5. The molecular formula is C14H22N4O2S. The Kier molecular flexibility index (Phi) is 4.14. The van der Waals surface area contributed by atoms with Gasteiger partial charge in [0, 0.05) is 45.1 Å². The van der Waals surface area contributed by atoms with Crippen LogP contribution in [0, 0.1) is 0 Å². The largest absolute Gasteiger partial charge is 0.387 e. The summed E-state index contributed by atoms with van der Waals surface area (Å²) in [7, 11) is -1.74. The van der Waals surface area contributed by atoms with E-state index in [0.29, 0.717) is 24.8 Å². The van der Waals surface area contributed by atoms with Gasteiger partial charge in [0.05, 0.1) is 5.69 Å². The van der Waals surface area contributed by atoms with Crippen LogP contribution in [-0.4, -0.2) is 61.9 Å². The third-order valence-corrected chi connectivity index (χ3v) is 6.36. The molecule has 7 heteroatoms. The molecule has 2 aliphatic rings. The molecule has 1 N–H and O–H groups in total. The summed E-state index contributed by atoms with van der Waals surface area (Å²) in [4.78, 5) is 6.68. The molecule has 3 heterocycles. The Labute approximate surface area is 126 Å². The Bertz CT molecular complexity index is 605. The van der Waals surface area contributed by atoms with E-state index < -0.39 is 10.0 Å². The molecule has 0 spiro atoms. The van der Waals surface area contributed by atoms with Crippen LogP contribution in [-0.2, 0) is 10.0 Å². The van der Waals surface area contributed by atoms with Gasteiger partial charge in [-0.05, 0) is 25.5 Å². The lowest BCUT2D eigenvalue weighted by Gasteiger charge is -2.43. The first-order chi connectivity index (χ1) is 10.1. The molecule has 2 saturated heterocycles. The van der Waals surface area contributed by atoms with Crippen LogP contribution >= 0.6 is 0 Å². The quantitative estimate of drug-likeness (QED) is 0.901. The highest BCUT2D eigenvalue weighted by atomic mass is 32.2. The molecule has 2 aliphatic heterocycles. The smallest absolute Gasteiger partial charge is 0.246 e. The van der Waals surface area contributed by atoms with Crippen LogP contribution in [0.25, 0.3) is 0 Å². The number of nitrogens with one attached hydrogen (secondary N) is 1. The standard InChI is InChI=1S/C14H22N4O2S/c1-15-13-5-6-16-10-14(13)21(19,20)18-9-8-17-7-3-2-4-12(17)11-18/h5-6,10,12H,2-4,7-9,11H2,1H3,(H,15,16). The van der Waals surface area contributed by atoms with Crippen LogP contribution < -0.4 is 5.32 Å². The molecule has 0 aliphatic carbocycles. The monoisotopic (exact) mass is 310 g/mol. The summed E-state index contributed by atoms with van der Waals surface area (Å²) in [5.41, 5.74) is 0.607. The molecule has 0 radical (unpaired) electrons. The summed E-state index contributed by atoms with van der Waals surface area (Å²) in [5, 5.41) is 2.94. The van der Waals surface area contributed by atoms with Crippen molar-refractivity contribution < 1.29 is 8.42 Å². The first kappa shape index (κ1) is 14.7. The van der Waals surface area contributed by atoms with Crippen molar-refractivity contribution in [2.24, 2.45) is 0 Å². The van der Waals surface area contributed by atoms with Gasteiger partial charge in [-0.2, -0.15) is 4.31 Å². The van der Waals surface area contributed by atoms with Gasteiger partial charge in [-0.15, -0.1) is 0 Å². The number of hydrogen-bond donors (Lipinski definition) is 1. The zero-order valence-corrected chi connectivity index (χ0v) is 13.1. The highest BCUT2D eigenvalue weighted by molar-refractivity contribution is 7.89. The van der Waals surface area contributed by atoms with E-state index >= 15 is 0 Å². The molecule has 0 saturated carbocycles. The van der Waals surface area contributed by atoms with Gasteiger partial charge >= 0.3 is 0 Å². The fourth-order valence-corrected chi connectivity index (χ4v) is 4.89. The van der Waals surface area contributed by atoms with Crippen molar-refractivity contribution in [3.8, 4) is 0 Å². The summed E-state index contributed by atoms with van der Waals surface area (Å²) in [6.45, 7) is 3.10. The van der Waals surface area contributed by atoms with E-state index in [1.165, 1.54) is 19.0 Å². The number of piperazine rings is 1. The van der Waals surface area contributed by atoms with Crippen LogP contribution in [0.3, 0.4) is 0 Å². The van der Waals surface area contributed by atoms with E-state index in [2.05, 4.69) is 15.2 Å². The maximum Gasteiger partial charge on any atom is 0.246 e. The first-order valence-corrected chi connectivity index (χ1v) is 8.93. The Morgan fingerprint density at radius 1 is 1.29 bits per heavy atom. The molecule has 0 amide bonds. The van der Waals surface area contributed by atoms with E-state index in [4.69, 9.17) is 0 Å². The third kappa shape index (κ3) is 2.77. The second kappa shape index (κ2) is 5.90.